The third-order valence-electron chi connectivity index (χ3n) is 3.37. The number of sulfonamides is 1. The van der Waals surface area contributed by atoms with Crippen LogP contribution in [0, 0.1) is 5.92 Å². The van der Waals surface area contributed by atoms with Crippen LogP contribution < -0.4 is 0 Å². The van der Waals surface area contributed by atoms with Gasteiger partial charge >= 0.3 is 0 Å². The average Bonchev–Trinajstić information content (AvgIpc) is 2.77. The SMILES string of the molecule is CC(C)CN(C1CCCC1)S(=O)(=O)C(C)CO. The molecule has 102 valence electrons. The van der Waals surface area contributed by atoms with Crippen LogP contribution in [0.2, 0.25) is 0 Å². The molecular weight excluding hydrogens is 238 g/mol. The van der Waals surface area contributed by atoms with Gasteiger partial charge in [-0.1, -0.05) is 26.7 Å². The van der Waals surface area contributed by atoms with Crippen LogP contribution >= 0.6 is 0 Å². The molecule has 0 aliphatic heterocycles. The predicted molar refractivity (Wildman–Crippen MR) is 69.3 cm³/mol. The summed E-state index contributed by atoms with van der Waals surface area (Å²) in [5.74, 6) is 0.316. The van der Waals surface area contributed by atoms with E-state index in [2.05, 4.69) is 0 Å². The molecule has 0 spiro atoms. The Labute approximate surface area is 105 Å². The van der Waals surface area contributed by atoms with Crippen LogP contribution in [0.15, 0.2) is 0 Å². The summed E-state index contributed by atoms with van der Waals surface area (Å²) in [6.45, 7) is 5.90. The van der Waals surface area contributed by atoms with Gasteiger partial charge in [0.15, 0.2) is 0 Å². The maximum atomic E-state index is 12.4. The van der Waals surface area contributed by atoms with Crippen LogP contribution in [0.25, 0.3) is 0 Å². The molecule has 0 amide bonds. The van der Waals surface area contributed by atoms with Crippen molar-refractivity contribution in [1.82, 2.24) is 4.31 Å². The van der Waals surface area contributed by atoms with E-state index in [0.717, 1.165) is 25.7 Å². The van der Waals surface area contributed by atoms with E-state index in [4.69, 9.17) is 5.11 Å². The van der Waals surface area contributed by atoms with E-state index in [0.29, 0.717) is 12.5 Å². The first kappa shape index (κ1) is 14.9. The first-order valence-electron chi connectivity index (χ1n) is 6.51. The minimum atomic E-state index is -3.35. The highest BCUT2D eigenvalue weighted by atomic mass is 32.2. The van der Waals surface area contributed by atoms with Gasteiger partial charge in [-0.15, -0.1) is 0 Å². The first-order chi connectivity index (χ1) is 7.89. The maximum Gasteiger partial charge on any atom is 0.219 e. The molecule has 0 saturated heterocycles. The largest absolute Gasteiger partial charge is 0.395 e. The van der Waals surface area contributed by atoms with E-state index in [-0.39, 0.29) is 12.6 Å². The Morgan fingerprint density at radius 1 is 1.24 bits per heavy atom. The van der Waals surface area contributed by atoms with Gasteiger partial charge in [0.05, 0.1) is 11.9 Å². The second-order valence-corrected chi connectivity index (χ2v) is 7.74. The van der Waals surface area contributed by atoms with Gasteiger partial charge in [-0.2, -0.15) is 4.31 Å². The summed E-state index contributed by atoms with van der Waals surface area (Å²) in [5.41, 5.74) is 0. The maximum absolute atomic E-state index is 12.4. The van der Waals surface area contributed by atoms with E-state index in [1.807, 2.05) is 13.8 Å². The van der Waals surface area contributed by atoms with Gasteiger partial charge in [0.2, 0.25) is 10.0 Å². The van der Waals surface area contributed by atoms with Crippen LogP contribution in [0.1, 0.15) is 46.5 Å². The molecule has 0 bridgehead atoms. The number of hydrogen-bond acceptors (Lipinski definition) is 3. The molecule has 1 atom stereocenters. The Balaban J connectivity index is 2.88. The quantitative estimate of drug-likeness (QED) is 0.792. The summed E-state index contributed by atoms with van der Waals surface area (Å²) in [5, 5.41) is 8.40. The van der Waals surface area contributed by atoms with Crippen molar-refractivity contribution in [3.63, 3.8) is 0 Å². The molecule has 0 heterocycles. The van der Waals surface area contributed by atoms with Crippen molar-refractivity contribution in [2.24, 2.45) is 5.92 Å². The molecule has 1 fully saturated rings. The summed E-state index contributed by atoms with van der Waals surface area (Å²) in [7, 11) is -3.35. The fourth-order valence-electron chi connectivity index (χ4n) is 2.34. The molecule has 1 unspecified atom stereocenters. The second kappa shape index (κ2) is 6.16. The Bertz CT molecular complexity index is 321. The van der Waals surface area contributed by atoms with Gasteiger partial charge in [-0.3, -0.25) is 0 Å². The zero-order chi connectivity index (χ0) is 13.1. The molecule has 1 aliphatic rings. The Morgan fingerprint density at radius 3 is 2.18 bits per heavy atom. The van der Waals surface area contributed by atoms with E-state index >= 15 is 0 Å². The fourth-order valence-corrected chi connectivity index (χ4v) is 4.12. The number of rotatable bonds is 6. The number of aliphatic hydroxyl groups excluding tert-OH is 1. The van der Waals surface area contributed by atoms with Gasteiger partial charge in [0.25, 0.3) is 0 Å². The lowest BCUT2D eigenvalue weighted by atomic mass is 10.2. The van der Waals surface area contributed by atoms with Crippen LogP contribution in [0.4, 0.5) is 0 Å². The van der Waals surface area contributed by atoms with Gasteiger partial charge in [-0.05, 0) is 25.7 Å². The molecule has 1 rings (SSSR count). The van der Waals surface area contributed by atoms with Crippen molar-refractivity contribution in [3.05, 3.63) is 0 Å². The molecule has 1 saturated carbocycles. The van der Waals surface area contributed by atoms with Crippen LogP contribution in [-0.4, -0.2) is 42.3 Å². The molecule has 0 aromatic rings. The van der Waals surface area contributed by atoms with Crippen LogP contribution in [-0.2, 0) is 10.0 Å². The zero-order valence-electron chi connectivity index (χ0n) is 11.1. The van der Waals surface area contributed by atoms with E-state index < -0.39 is 15.3 Å². The topological polar surface area (TPSA) is 57.6 Å². The van der Waals surface area contributed by atoms with Crippen molar-refractivity contribution in [2.75, 3.05) is 13.2 Å². The molecule has 4 nitrogen and oxygen atoms in total. The van der Waals surface area contributed by atoms with E-state index in [1.165, 1.54) is 0 Å². The van der Waals surface area contributed by atoms with E-state index in [1.54, 1.807) is 11.2 Å². The Kier molecular flexibility index (Phi) is 5.41. The monoisotopic (exact) mass is 263 g/mol. The molecule has 0 aromatic carbocycles. The van der Waals surface area contributed by atoms with Gasteiger partial charge < -0.3 is 5.11 Å². The summed E-state index contributed by atoms with van der Waals surface area (Å²) in [6, 6.07) is 0.149. The lowest BCUT2D eigenvalue weighted by Crippen LogP contribution is -2.46. The smallest absolute Gasteiger partial charge is 0.219 e. The lowest BCUT2D eigenvalue weighted by Gasteiger charge is -2.31. The molecule has 17 heavy (non-hydrogen) atoms. The van der Waals surface area contributed by atoms with Gasteiger partial charge in [0, 0.05) is 12.6 Å². The van der Waals surface area contributed by atoms with Crippen LogP contribution in [0.3, 0.4) is 0 Å². The van der Waals surface area contributed by atoms with Gasteiger partial charge in [0.1, 0.15) is 0 Å². The van der Waals surface area contributed by atoms with Gasteiger partial charge in [-0.25, -0.2) is 8.42 Å². The average molecular weight is 263 g/mol. The summed E-state index contributed by atoms with van der Waals surface area (Å²) in [4.78, 5) is 0. The minimum Gasteiger partial charge on any atom is -0.395 e. The lowest BCUT2D eigenvalue weighted by molar-refractivity contribution is 0.266. The molecule has 0 radical (unpaired) electrons. The standard InChI is InChI=1S/C12H25NO3S/c1-10(2)8-13(12-6-4-5-7-12)17(15,16)11(3)9-14/h10-12,14H,4-9H2,1-3H3. The number of nitrogens with zero attached hydrogens (tertiary/aromatic N) is 1. The van der Waals surface area contributed by atoms with Crippen molar-refractivity contribution in [2.45, 2.75) is 57.7 Å². The van der Waals surface area contributed by atoms with E-state index in [9.17, 15) is 8.42 Å². The van der Waals surface area contributed by atoms with Crippen molar-refractivity contribution >= 4 is 10.0 Å². The number of hydrogen-bond donors (Lipinski definition) is 1. The normalized spacial score (nSPS) is 20.4. The number of aliphatic hydroxyl groups is 1. The Hall–Kier alpha value is -0.130. The third kappa shape index (κ3) is 3.66. The zero-order valence-corrected chi connectivity index (χ0v) is 11.9. The molecular formula is C12H25NO3S. The first-order valence-corrected chi connectivity index (χ1v) is 8.01. The van der Waals surface area contributed by atoms with Crippen molar-refractivity contribution in [3.8, 4) is 0 Å². The molecule has 5 heteroatoms. The van der Waals surface area contributed by atoms with Crippen molar-refractivity contribution in [1.29, 1.82) is 0 Å². The summed E-state index contributed by atoms with van der Waals surface area (Å²) < 4.78 is 26.3. The summed E-state index contributed by atoms with van der Waals surface area (Å²) >= 11 is 0. The second-order valence-electron chi connectivity index (χ2n) is 5.44. The third-order valence-corrected chi connectivity index (χ3v) is 5.64. The highest BCUT2D eigenvalue weighted by molar-refractivity contribution is 7.89. The molecule has 1 aliphatic carbocycles. The highest BCUT2D eigenvalue weighted by Crippen LogP contribution is 2.27. The molecule has 1 N–H and O–H groups in total. The highest BCUT2D eigenvalue weighted by Gasteiger charge is 2.35. The predicted octanol–water partition coefficient (Wildman–Crippen LogP) is 1.60. The molecule has 0 aromatic heterocycles. The summed E-state index contributed by atoms with van der Waals surface area (Å²) in [6.07, 6.45) is 4.15. The minimum absolute atomic E-state index is 0.149. The van der Waals surface area contributed by atoms with Crippen LogP contribution in [0.5, 0.6) is 0 Å². The fraction of sp³-hybridized carbons (Fsp3) is 1.00. The van der Waals surface area contributed by atoms with Crippen molar-refractivity contribution < 1.29 is 13.5 Å². The Morgan fingerprint density at radius 2 is 1.76 bits per heavy atom.